The third-order valence-electron chi connectivity index (χ3n) is 8.78. The van der Waals surface area contributed by atoms with Crippen molar-refractivity contribution in [1.82, 2.24) is 0 Å². The van der Waals surface area contributed by atoms with Crippen LogP contribution in [0.15, 0.2) is 0 Å². The smallest absolute Gasteiger partial charge is 0.0443 e. The lowest BCUT2D eigenvalue weighted by atomic mass is 9.91. The summed E-state index contributed by atoms with van der Waals surface area (Å²) in [6.45, 7) is 14.6. The van der Waals surface area contributed by atoms with E-state index in [2.05, 4.69) is 41.5 Å². The maximum Gasteiger partial charge on any atom is -0.0443 e. The zero-order valence-electron chi connectivity index (χ0n) is 26.0. The summed E-state index contributed by atoms with van der Waals surface area (Å²) in [6.07, 6.45) is 36.4. The molecule has 0 aromatic heterocycles. The maximum atomic E-state index is 2.51. The molecule has 0 aliphatic rings. The Labute approximate surface area is 225 Å². The average molecular weight is 493 g/mol. The fraction of sp³-hybridized carbons (Fsp3) is 1.00. The van der Waals surface area contributed by atoms with Gasteiger partial charge in [0.05, 0.1) is 0 Å². The Morgan fingerprint density at radius 1 is 0.257 bits per heavy atom. The first-order chi connectivity index (χ1) is 17.0. The molecule has 0 aliphatic heterocycles. The van der Waals surface area contributed by atoms with Crippen molar-refractivity contribution in [2.45, 2.75) is 202 Å². The van der Waals surface area contributed by atoms with Crippen LogP contribution in [0.5, 0.6) is 0 Å². The van der Waals surface area contributed by atoms with E-state index in [9.17, 15) is 0 Å². The third kappa shape index (κ3) is 26.9. The van der Waals surface area contributed by atoms with Gasteiger partial charge in [-0.1, -0.05) is 202 Å². The van der Waals surface area contributed by atoms with Crippen LogP contribution in [0.2, 0.25) is 0 Å². The van der Waals surface area contributed by atoms with Crippen LogP contribution >= 0.6 is 0 Å². The van der Waals surface area contributed by atoms with Crippen LogP contribution in [0.1, 0.15) is 202 Å². The molecule has 0 bridgehead atoms. The highest BCUT2D eigenvalue weighted by Crippen LogP contribution is 2.23. The standard InChI is InChI=1S/C35H72/c1-7-9-11-17-24-32(3)26-19-14-13-15-20-27-33(4)28-21-16-22-29-35(6)31-23-30-34(5)25-18-12-10-8-2/h32-35H,7-31H2,1-6H3. The van der Waals surface area contributed by atoms with E-state index in [-0.39, 0.29) is 0 Å². The summed E-state index contributed by atoms with van der Waals surface area (Å²) in [5.41, 5.74) is 0. The summed E-state index contributed by atoms with van der Waals surface area (Å²) in [5.74, 6) is 3.82. The van der Waals surface area contributed by atoms with E-state index in [1.807, 2.05) is 0 Å². The molecule has 0 heteroatoms. The quantitative estimate of drug-likeness (QED) is 0.0952. The first-order valence-electron chi connectivity index (χ1n) is 17.0. The normalized spacial score (nSPS) is 15.3. The van der Waals surface area contributed by atoms with Crippen molar-refractivity contribution in [3.8, 4) is 0 Å². The molecule has 0 fully saturated rings. The first-order valence-corrected chi connectivity index (χ1v) is 17.0. The molecule has 0 N–H and O–H groups in total. The van der Waals surface area contributed by atoms with Crippen molar-refractivity contribution >= 4 is 0 Å². The zero-order chi connectivity index (χ0) is 26.0. The monoisotopic (exact) mass is 493 g/mol. The second-order valence-corrected chi connectivity index (χ2v) is 13.0. The minimum atomic E-state index is 0.948. The molecule has 0 aromatic carbocycles. The Bertz CT molecular complexity index is 385. The van der Waals surface area contributed by atoms with Gasteiger partial charge in [0.2, 0.25) is 0 Å². The summed E-state index contributed by atoms with van der Waals surface area (Å²) in [4.78, 5) is 0. The topological polar surface area (TPSA) is 0 Å². The minimum Gasteiger partial charge on any atom is -0.0654 e. The van der Waals surface area contributed by atoms with Gasteiger partial charge in [-0.2, -0.15) is 0 Å². The van der Waals surface area contributed by atoms with Crippen LogP contribution in [0.4, 0.5) is 0 Å². The van der Waals surface area contributed by atoms with Crippen molar-refractivity contribution in [2.24, 2.45) is 23.7 Å². The number of unbranched alkanes of at least 4 members (excludes halogenated alkanes) is 12. The molecule has 0 saturated heterocycles. The molecule has 0 amide bonds. The van der Waals surface area contributed by atoms with Gasteiger partial charge in [-0.25, -0.2) is 0 Å². The molecule has 0 saturated carbocycles. The molecular weight excluding hydrogens is 420 g/mol. The van der Waals surface area contributed by atoms with Gasteiger partial charge >= 0.3 is 0 Å². The highest BCUT2D eigenvalue weighted by Gasteiger charge is 2.07. The van der Waals surface area contributed by atoms with Gasteiger partial charge in [0.1, 0.15) is 0 Å². The van der Waals surface area contributed by atoms with Gasteiger partial charge in [-0.3, -0.25) is 0 Å². The van der Waals surface area contributed by atoms with Crippen molar-refractivity contribution in [2.75, 3.05) is 0 Å². The predicted octanol–water partition coefficient (Wildman–Crippen LogP) is 13.3. The van der Waals surface area contributed by atoms with Crippen molar-refractivity contribution in [3.05, 3.63) is 0 Å². The molecule has 4 atom stereocenters. The van der Waals surface area contributed by atoms with Gasteiger partial charge in [0.15, 0.2) is 0 Å². The Kier molecular flexibility index (Phi) is 27.0. The summed E-state index contributed by atoms with van der Waals surface area (Å²) >= 11 is 0. The van der Waals surface area contributed by atoms with E-state index in [4.69, 9.17) is 0 Å². The van der Waals surface area contributed by atoms with Crippen LogP contribution in [0.25, 0.3) is 0 Å². The number of hydrogen-bond acceptors (Lipinski definition) is 0. The molecule has 0 aliphatic carbocycles. The highest BCUT2D eigenvalue weighted by molar-refractivity contribution is 4.61. The SMILES string of the molecule is CCCCCCC(C)CCCCCCCC(C)CCCCCC(C)CCCC(C)CCCCCC. The lowest BCUT2D eigenvalue weighted by Gasteiger charge is -2.15. The minimum absolute atomic E-state index is 0.948. The lowest BCUT2D eigenvalue weighted by molar-refractivity contribution is 0.385. The molecule has 0 nitrogen and oxygen atoms in total. The molecule has 0 rings (SSSR count). The lowest BCUT2D eigenvalue weighted by Crippen LogP contribution is -2.00. The van der Waals surface area contributed by atoms with Crippen molar-refractivity contribution in [1.29, 1.82) is 0 Å². The summed E-state index contributed by atoms with van der Waals surface area (Å²) < 4.78 is 0. The maximum absolute atomic E-state index is 2.51. The molecule has 4 unspecified atom stereocenters. The van der Waals surface area contributed by atoms with Gasteiger partial charge in [0, 0.05) is 0 Å². The Hall–Kier alpha value is 0. The van der Waals surface area contributed by atoms with E-state index in [1.54, 1.807) is 0 Å². The highest BCUT2D eigenvalue weighted by atomic mass is 14.1. The second kappa shape index (κ2) is 27.0. The van der Waals surface area contributed by atoms with Crippen molar-refractivity contribution in [3.63, 3.8) is 0 Å². The van der Waals surface area contributed by atoms with E-state index in [1.165, 1.54) is 161 Å². The molecule has 0 heterocycles. The fourth-order valence-corrected chi connectivity index (χ4v) is 5.91. The van der Waals surface area contributed by atoms with E-state index in [0.717, 1.165) is 23.7 Å². The van der Waals surface area contributed by atoms with E-state index < -0.39 is 0 Å². The summed E-state index contributed by atoms with van der Waals surface area (Å²) in [7, 11) is 0. The van der Waals surface area contributed by atoms with E-state index in [0.29, 0.717) is 0 Å². The second-order valence-electron chi connectivity index (χ2n) is 13.0. The third-order valence-corrected chi connectivity index (χ3v) is 8.78. The number of hydrogen-bond donors (Lipinski definition) is 0. The molecule has 212 valence electrons. The Balaban J connectivity index is 3.41. The molecule has 35 heavy (non-hydrogen) atoms. The Morgan fingerprint density at radius 2 is 0.457 bits per heavy atom. The van der Waals surface area contributed by atoms with Crippen LogP contribution < -0.4 is 0 Å². The largest absolute Gasteiger partial charge is 0.0654 e. The van der Waals surface area contributed by atoms with Crippen LogP contribution in [0.3, 0.4) is 0 Å². The van der Waals surface area contributed by atoms with Crippen LogP contribution in [-0.4, -0.2) is 0 Å². The Morgan fingerprint density at radius 3 is 0.743 bits per heavy atom. The average Bonchev–Trinajstić information content (AvgIpc) is 2.83. The van der Waals surface area contributed by atoms with Gasteiger partial charge in [-0.15, -0.1) is 0 Å². The molecule has 0 radical (unpaired) electrons. The molecular formula is C35H72. The predicted molar refractivity (Wildman–Crippen MR) is 163 cm³/mol. The number of rotatable bonds is 28. The van der Waals surface area contributed by atoms with Crippen LogP contribution in [0, 0.1) is 23.7 Å². The summed E-state index contributed by atoms with van der Waals surface area (Å²) in [5, 5.41) is 0. The first kappa shape index (κ1) is 35.0. The van der Waals surface area contributed by atoms with Crippen molar-refractivity contribution < 1.29 is 0 Å². The van der Waals surface area contributed by atoms with E-state index >= 15 is 0 Å². The molecule has 0 spiro atoms. The van der Waals surface area contributed by atoms with Gasteiger partial charge in [-0.05, 0) is 23.7 Å². The van der Waals surface area contributed by atoms with Crippen LogP contribution in [-0.2, 0) is 0 Å². The van der Waals surface area contributed by atoms with Gasteiger partial charge in [0.25, 0.3) is 0 Å². The summed E-state index contributed by atoms with van der Waals surface area (Å²) in [6, 6.07) is 0. The molecule has 0 aromatic rings. The van der Waals surface area contributed by atoms with Gasteiger partial charge < -0.3 is 0 Å². The fourth-order valence-electron chi connectivity index (χ4n) is 5.91. The zero-order valence-corrected chi connectivity index (χ0v) is 26.0.